The van der Waals surface area contributed by atoms with Crippen LogP contribution in [0, 0.1) is 20.8 Å². The number of nitrogens with zero attached hydrogens (tertiary/aromatic N) is 1. The summed E-state index contributed by atoms with van der Waals surface area (Å²) >= 11 is 6.16. The number of rotatable bonds is 3. The zero-order chi connectivity index (χ0) is 20.6. The molecule has 0 aliphatic heterocycles. The average molecular weight is 407 g/mol. The molecule has 2 aromatic carbocycles. The predicted molar refractivity (Wildman–Crippen MR) is 104 cm³/mol. The first kappa shape index (κ1) is 20.0. The Morgan fingerprint density at radius 2 is 1.71 bits per heavy atom. The van der Waals surface area contributed by atoms with Gasteiger partial charge in [0, 0.05) is 11.4 Å². The van der Waals surface area contributed by atoms with Crippen LogP contribution in [-0.2, 0) is 6.18 Å². The molecule has 0 atom stereocenters. The van der Waals surface area contributed by atoms with Crippen molar-refractivity contribution in [2.24, 2.45) is 0 Å². The van der Waals surface area contributed by atoms with Gasteiger partial charge >= 0.3 is 6.18 Å². The van der Waals surface area contributed by atoms with Gasteiger partial charge in [0.25, 0.3) is 5.91 Å². The molecule has 7 heteroatoms. The van der Waals surface area contributed by atoms with Gasteiger partial charge in [0.2, 0.25) is 0 Å². The normalized spacial score (nSPS) is 11.5. The number of aromatic nitrogens is 1. The van der Waals surface area contributed by atoms with Crippen molar-refractivity contribution in [3.05, 3.63) is 81.6 Å². The summed E-state index contributed by atoms with van der Waals surface area (Å²) < 4.78 is 41.7. The molecule has 3 aromatic rings. The Balaban J connectivity index is 2.06. The van der Waals surface area contributed by atoms with Gasteiger partial charge in [-0.3, -0.25) is 4.79 Å². The zero-order valence-corrected chi connectivity index (χ0v) is 16.2. The average Bonchev–Trinajstić information content (AvgIpc) is 2.92. The number of anilines is 1. The van der Waals surface area contributed by atoms with Crippen LogP contribution in [0.1, 0.15) is 32.9 Å². The lowest BCUT2D eigenvalue weighted by molar-refractivity contribution is -0.137. The maximum Gasteiger partial charge on any atom is 0.418 e. The summed E-state index contributed by atoms with van der Waals surface area (Å²) in [4.78, 5) is 12.8. The van der Waals surface area contributed by atoms with Crippen molar-refractivity contribution in [3.63, 3.8) is 0 Å². The highest BCUT2D eigenvalue weighted by Crippen LogP contribution is 2.35. The van der Waals surface area contributed by atoms with E-state index in [1.165, 1.54) is 22.8 Å². The monoisotopic (exact) mass is 406 g/mol. The molecule has 0 fully saturated rings. The third-order valence-electron chi connectivity index (χ3n) is 4.59. The quantitative estimate of drug-likeness (QED) is 0.542. The van der Waals surface area contributed by atoms with Crippen LogP contribution in [0.3, 0.4) is 0 Å². The molecule has 1 N–H and O–H groups in total. The summed E-state index contributed by atoms with van der Waals surface area (Å²) in [5.74, 6) is -0.431. The van der Waals surface area contributed by atoms with Crippen molar-refractivity contribution in [2.75, 3.05) is 5.32 Å². The molecule has 3 rings (SSSR count). The molecular weight excluding hydrogens is 389 g/mol. The molecule has 0 aliphatic carbocycles. The van der Waals surface area contributed by atoms with E-state index < -0.39 is 17.6 Å². The van der Waals surface area contributed by atoms with Crippen molar-refractivity contribution in [3.8, 4) is 5.69 Å². The fourth-order valence-electron chi connectivity index (χ4n) is 3.24. The number of amides is 1. The third-order valence-corrected chi connectivity index (χ3v) is 4.90. The summed E-state index contributed by atoms with van der Waals surface area (Å²) in [5.41, 5.74) is 1.72. The SMILES string of the molecule is Cc1cccc(Cl)c1NC(=O)c1cc(C)n(-c2ccccc2C(F)(F)F)c1C. The van der Waals surface area contributed by atoms with E-state index in [4.69, 9.17) is 11.6 Å². The highest BCUT2D eigenvalue weighted by Gasteiger charge is 2.34. The van der Waals surface area contributed by atoms with Crippen LogP contribution in [-0.4, -0.2) is 10.5 Å². The number of aryl methyl sites for hydroxylation is 2. The van der Waals surface area contributed by atoms with E-state index in [9.17, 15) is 18.0 Å². The van der Waals surface area contributed by atoms with E-state index >= 15 is 0 Å². The minimum atomic E-state index is -4.50. The molecule has 0 saturated carbocycles. The second-order valence-electron chi connectivity index (χ2n) is 6.52. The second-order valence-corrected chi connectivity index (χ2v) is 6.93. The van der Waals surface area contributed by atoms with E-state index in [1.807, 2.05) is 13.0 Å². The molecule has 1 aromatic heterocycles. The van der Waals surface area contributed by atoms with Crippen LogP contribution in [0.5, 0.6) is 0 Å². The topological polar surface area (TPSA) is 34.0 Å². The Hall–Kier alpha value is -2.73. The highest BCUT2D eigenvalue weighted by molar-refractivity contribution is 6.34. The van der Waals surface area contributed by atoms with Gasteiger partial charge in [-0.1, -0.05) is 35.9 Å². The first-order valence-corrected chi connectivity index (χ1v) is 8.91. The van der Waals surface area contributed by atoms with Crippen LogP contribution in [0.4, 0.5) is 18.9 Å². The summed E-state index contributed by atoms with van der Waals surface area (Å²) in [6.45, 7) is 5.09. The van der Waals surface area contributed by atoms with Crippen molar-refractivity contribution >= 4 is 23.2 Å². The Labute approximate surface area is 165 Å². The first-order valence-electron chi connectivity index (χ1n) is 8.53. The number of hydrogen-bond acceptors (Lipinski definition) is 1. The second kappa shape index (κ2) is 7.36. The lowest BCUT2D eigenvalue weighted by Gasteiger charge is -2.17. The van der Waals surface area contributed by atoms with E-state index in [1.54, 1.807) is 32.0 Å². The third kappa shape index (κ3) is 3.64. The van der Waals surface area contributed by atoms with Crippen LogP contribution in [0.2, 0.25) is 5.02 Å². The van der Waals surface area contributed by atoms with E-state index in [0.717, 1.165) is 11.6 Å². The number of alkyl halides is 3. The van der Waals surface area contributed by atoms with Crippen molar-refractivity contribution < 1.29 is 18.0 Å². The number of para-hydroxylation sites is 2. The van der Waals surface area contributed by atoms with Crippen molar-refractivity contribution in [1.29, 1.82) is 0 Å². The predicted octanol–water partition coefficient (Wildman–Crippen LogP) is 6.33. The maximum absolute atomic E-state index is 13.4. The molecule has 0 unspecified atom stereocenters. The number of nitrogens with one attached hydrogen (secondary N) is 1. The molecule has 0 spiro atoms. The Morgan fingerprint density at radius 1 is 1.04 bits per heavy atom. The number of benzene rings is 2. The molecule has 0 bridgehead atoms. The molecular formula is C21H18ClF3N2O. The fraction of sp³-hybridized carbons (Fsp3) is 0.190. The van der Waals surface area contributed by atoms with Gasteiger partial charge < -0.3 is 9.88 Å². The van der Waals surface area contributed by atoms with Gasteiger partial charge in [-0.25, -0.2) is 0 Å². The number of halogens is 4. The smallest absolute Gasteiger partial charge is 0.320 e. The Bertz CT molecular complexity index is 1030. The lowest BCUT2D eigenvalue weighted by atomic mass is 10.1. The Morgan fingerprint density at radius 3 is 2.36 bits per heavy atom. The van der Waals surface area contributed by atoms with Crippen molar-refractivity contribution in [2.45, 2.75) is 26.9 Å². The summed E-state index contributed by atoms with van der Waals surface area (Å²) in [6, 6.07) is 12.1. The van der Waals surface area contributed by atoms with Crippen molar-refractivity contribution in [1.82, 2.24) is 4.57 Å². The van der Waals surface area contributed by atoms with Gasteiger partial charge in [-0.2, -0.15) is 13.2 Å². The van der Waals surface area contributed by atoms with Gasteiger partial charge in [-0.15, -0.1) is 0 Å². The van der Waals surface area contributed by atoms with Crippen LogP contribution < -0.4 is 5.32 Å². The number of hydrogen-bond donors (Lipinski definition) is 1. The van der Waals surface area contributed by atoms with E-state index in [0.29, 0.717) is 22.1 Å². The minimum Gasteiger partial charge on any atom is -0.320 e. The van der Waals surface area contributed by atoms with Gasteiger partial charge in [0.05, 0.1) is 27.5 Å². The van der Waals surface area contributed by atoms with Crippen LogP contribution in [0.25, 0.3) is 5.69 Å². The molecule has 3 nitrogen and oxygen atoms in total. The zero-order valence-electron chi connectivity index (χ0n) is 15.5. The number of carbonyl (C=O) groups excluding carboxylic acids is 1. The van der Waals surface area contributed by atoms with Crippen LogP contribution in [0.15, 0.2) is 48.5 Å². The summed E-state index contributed by atoms with van der Waals surface area (Å²) in [5, 5.41) is 3.16. The Kier molecular flexibility index (Phi) is 5.26. The molecule has 0 aliphatic rings. The molecule has 1 heterocycles. The lowest BCUT2D eigenvalue weighted by Crippen LogP contribution is -2.15. The summed E-state index contributed by atoms with van der Waals surface area (Å²) in [6.07, 6.45) is -4.50. The molecule has 1 amide bonds. The molecule has 0 saturated heterocycles. The van der Waals surface area contributed by atoms with Gasteiger partial charge in [-0.05, 0) is 50.6 Å². The molecule has 28 heavy (non-hydrogen) atoms. The summed E-state index contributed by atoms with van der Waals surface area (Å²) in [7, 11) is 0. The molecule has 146 valence electrons. The maximum atomic E-state index is 13.4. The fourth-order valence-corrected chi connectivity index (χ4v) is 3.51. The van der Waals surface area contributed by atoms with Gasteiger partial charge in [0.15, 0.2) is 0 Å². The van der Waals surface area contributed by atoms with E-state index in [-0.39, 0.29) is 11.3 Å². The first-order chi connectivity index (χ1) is 13.1. The minimum absolute atomic E-state index is 0.0158. The number of carbonyl (C=O) groups is 1. The molecule has 0 radical (unpaired) electrons. The van der Waals surface area contributed by atoms with Crippen LogP contribution >= 0.6 is 11.6 Å². The highest BCUT2D eigenvalue weighted by atomic mass is 35.5. The van der Waals surface area contributed by atoms with Gasteiger partial charge in [0.1, 0.15) is 0 Å². The largest absolute Gasteiger partial charge is 0.418 e. The standard InChI is InChI=1S/C21H18ClF3N2O/c1-12-7-6-9-17(22)19(12)26-20(28)15-11-13(2)27(14(15)3)18-10-5-4-8-16(18)21(23,24)25/h4-11H,1-3H3,(H,26,28). The van der Waals surface area contributed by atoms with E-state index in [2.05, 4.69) is 5.32 Å².